The van der Waals surface area contributed by atoms with E-state index >= 15 is 0 Å². The summed E-state index contributed by atoms with van der Waals surface area (Å²) in [7, 11) is 0. The molecule has 1 atom stereocenters. The highest BCUT2D eigenvalue weighted by atomic mass is 19.1. The molecular weight excluding hydrogens is 268 g/mol. The summed E-state index contributed by atoms with van der Waals surface area (Å²) >= 11 is 0. The molecule has 0 aliphatic heterocycles. The van der Waals surface area contributed by atoms with Crippen LogP contribution >= 0.6 is 0 Å². The van der Waals surface area contributed by atoms with Crippen LogP contribution in [0.15, 0.2) is 36.4 Å². The number of aryl methyl sites for hydroxylation is 2. The van der Waals surface area contributed by atoms with Gasteiger partial charge in [-0.05, 0) is 73.3 Å². The number of likely N-dealkylation sites (N-methyl/N-ethyl adjacent to an activating group) is 1. The Hall–Kier alpha value is -1.74. The fraction of sp³-hybridized carbons (Fsp3) is 0.333. The van der Waals surface area contributed by atoms with E-state index in [1.807, 2.05) is 32.9 Å². The van der Waals surface area contributed by atoms with Crippen molar-refractivity contribution in [3.63, 3.8) is 0 Å². The minimum absolute atomic E-state index is 0.0970. The second kappa shape index (κ2) is 6.81. The van der Waals surface area contributed by atoms with Gasteiger partial charge in [0, 0.05) is 6.04 Å². The Morgan fingerprint density at radius 3 is 2.14 bits per heavy atom. The molecule has 0 fully saturated rings. The first-order valence-corrected chi connectivity index (χ1v) is 7.25. The van der Waals surface area contributed by atoms with E-state index in [1.54, 1.807) is 12.1 Å². The molecule has 0 saturated carbocycles. The summed E-state index contributed by atoms with van der Waals surface area (Å²) in [6, 6.07) is 9.84. The fourth-order valence-electron chi connectivity index (χ4n) is 2.68. The predicted molar refractivity (Wildman–Crippen MR) is 82.4 cm³/mol. The molecular formula is C18H21F2N. The van der Waals surface area contributed by atoms with Crippen molar-refractivity contribution < 1.29 is 8.78 Å². The fourth-order valence-corrected chi connectivity index (χ4v) is 2.68. The Kier molecular flexibility index (Phi) is 5.07. The van der Waals surface area contributed by atoms with Crippen LogP contribution in [-0.4, -0.2) is 6.54 Å². The Morgan fingerprint density at radius 2 is 1.57 bits per heavy atom. The normalized spacial score (nSPS) is 12.4. The Morgan fingerprint density at radius 1 is 0.952 bits per heavy atom. The van der Waals surface area contributed by atoms with Crippen LogP contribution in [0.25, 0.3) is 0 Å². The van der Waals surface area contributed by atoms with Crippen molar-refractivity contribution >= 4 is 0 Å². The highest BCUT2D eigenvalue weighted by molar-refractivity contribution is 5.33. The zero-order valence-electron chi connectivity index (χ0n) is 12.7. The van der Waals surface area contributed by atoms with Gasteiger partial charge >= 0.3 is 0 Å². The van der Waals surface area contributed by atoms with Crippen molar-refractivity contribution in [3.8, 4) is 0 Å². The molecule has 0 amide bonds. The summed E-state index contributed by atoms with van der Waals surface area (Å²) in [4.78, 5) is 0. The molecule has 0 aliphatic rings. The van der Waals surface area contributed by atoms with Gasteiger partial charge in [0.1, 0.15) is 11.6 Å². The van der Waals surface area contributed by atoms with Gasteiger partial charge in [0.25, 0.3) is 0 Å². The average Bonchev–Trinajstić information content (AvgIpc) is 2.41. The monoisotopic (exact) mass is 289 g/mol. The van der Waals surface area contributed by atoms with Crippen molar-refractivity contribution in [2.24, 2.45) is 0 Å². The first-order chi connectivity index (χ1) is 10.0. The maximum Gasteiger partial charge on any atom is 0.123 e. The van der Waals surface area contributed by atoms with Crippen LogP contribution in [0, 0.1) is 25.5 Å². The molecule has 0 aliphatic carbocycles. The van der Waals surface area contributed by atoms with E-state index in [1.165, 1.54) is 12.1 Å². The summed E-state index contributed by atoms with van der Waals surface area (Å²) in [5.74, 6) is -0.432. The summed E-state index contributed by atoms with van der Waals surface area (Å²) in [6.07, 6.45) is 0.756. The summed E-state index contributed by atoms with van der Waals surface area (Å²) in [5, 5.41) is 3.43. The summed E-state index contributed by atoms with van der Waals surface area (Å²) in [6.45, 7) is 6.70. The van der Waals surface area contributed by atoms with E-state index in [9.17, 15) is 8.78 Å². The second-order valence-corrected chi connectivity index (χ2v) is 5.39. The van der Waals surface area contributed by atoms with Gasteiger partial charge in [0.2, 0.25) is 0 Å². The van der Waals surface area contributed by atoms with Crippen molar-refractivity contribution in [1.82, 2.24) is 5.32 Å². The predicted octanol–water partition coefficient (Wildman–Crippen LogP) is 4.47. The Bertz CT molecular complexity index is 623. The van der Waals surface area contributed by atoms with Gasteiger partial charge in [-0.15, -0.1) is 0 Å². The van der Waals surface area contributed by atoms with E-state index in [0.29, 0.717) is 0 Å². The quantitative estimate of drug-likeness (QED) is 0.856. The standard InChI is InChI=1S/C18H21F2N/c1-4-21-18(17-8-7-16(20)10-13(17)3)11-14-5-6-15(19)9-12(14)2/h5-10,18,21H,4,11H2,1-3H3. The molecule has 0 bridgehead atoms. The van der Waals surface area contributed by atoms with Gasteiger partial charge in [0.05, 0.1) is 0 Å². The number of rotatable bonds is 5. The van der Waals surface area contributed by atoms with Crippen LogP contribution in [0.3, 0.4) is 0 Å². The topological polar surface area (TPSA) is 12.0 Å². The SMILES string of the molecule is CCNC(Cc1ccc(F)cc1C)c1ccc(F)cc1C. The molecule has 2 aromatic rings. The molecule has 0 radical (unpaired) electrons. The maximum absolute atomic E-state index is 13.3. The molecule has 1 N–H and O–H groups in total. The molecule has 0 aromatic heterocycles. The molecule has 1 nitrogen and oxygen atoms in total. The molecule has 0 spiro atoms. The van der Waals surface area contributed by atoms with Crippen LogP contribution in [0.5, 0.6) is 0 Å². The summed E-state index contributed by atoms with van der Waals surface area (Å²) < 4.78 is 26.5. The number of nitrogens with one attached hydrogen (secondary N) is 1. The Labute approximate surface area is 125 Å². The number of halogens is 2. The maximum atomic E-state index is 13.3. The minimum atomic E-state index is -0.218. The van der Waals surface area contributed by atoms with Crippen molar-refractivity contribution in [2.75, 3.05) is 6.54 Å². The van der Waals surface area contributed by atoms with Gasteiger partial charge in [0.15, 0.2) is 0 Å². The first-order valence-electron chi connectivity index (χ1n) is 7.25. The number of benzene rings is 2. The smallest absolute Gasteiger partial charge is 0.123 e. The van der Waals surface area contributed by atoms with E-state index < -0.39 is 0 Å². The van der Waals surface area contributed by atoms with Gasteiger partial charge in [-0.3, -0.25) is 0 Å². The molecule has 2 rings (SSSR count). The van der Waals surface area contributed by atoms with Crippen molar-refractivity contribution in [3.05, 3.63) is 70.3 Å². The third-order valence-electron chi connectivity index (χ3n) is 3.79. The zero-order chi connectivity index (χ0) is 15.4. The molecule has 0 saturated heterocycles. The molecule has 2 aromatic carbocycles. The van der Waals surface area contributed by atoms with Crippen LogP contribution in [-0.2, 0) is 6.42 Å². The lowest BCUT2D eigenvalue weighted by Crippen LogP contribution is -2.24. The van der Waals surface area contributed by atoms with Crippen LogP contribution in [0.1, 0.15) is 35.2 Å². The molecule has 112 valence electrons. The van der Waals surface area contributed by atoms with E-state index in [-0.39, 0.29) is 17.7 Å². The van der Waals surface area contributed by atoms with Crippen molar-refractivity contribution in [2.45, 2.75) is 33.2 Å². The van der Waals surface area contributed by atoms with Crippen molar-refractivity contribution in [1.29, 1.82) is 0 Å². The van der Waals surface area contributed by atoms with Gasteiger partial charge in [-0.2, -0.15) is 0 Å². The highest BCUT2D eigenvalue weighted by Gasteiger charge is 2.15. The lowest BCUT2D eigenvalue weighted by Gasteiger charge is -2.21. The third-order valence-corrected chi connectivity index (χ3v) is 3.79. The lowest BCUT2D eigenvalue weighted by molar-refractivity contribution is 0.542. The largest absolute Gasteiger partial charge is 0.310 e. The molecule has 21 heavy (non-hydrogen) atoms. The van der Waals surface area contributed by atoms with Gasteiger partial charge in [-0.25, -0.2) is 8.78 Å². The summed E-state index contributed by atoms with van der Waals surface area (Å²) in [5.41, 5.74) is 4.06. The molecule has 3 heteroatoms. The van der Waals surface area contributed by atoms with Crippen LogP contribution in [0.2, 0.25) is 0 Å². The second-order valence-electron chi connectivity index (χ2n) is 5.39. The average molecular weight is 289 g/mol. The van der Waals surface area contributed by atoms with Gasteiger partial charge < -0.3 is 5.32 Å². The van der Waals surface area contributed by atoms with E-state index in [4.69, 9.17) is 0 Å². The van der Waals surface area contributed by atoms with Gasteiger partial charge in [-0.1, -0.05) is 19.1 Å². The number of hydrogen-bond acceptors (Lipinski definition) is 1. The van der Waals surface area contributed by atoms with E-state index in [2.05, 4.69) is 5.32 Å². The number of hydrogen-bond donors (Lipinski definition) is 1. The van der Waals surface area contributed by atoms with Crippen LogP contribution in [0.4, 0.5) is 8.78 Å². The lowest BCUT2D eigenvalue weighted by atomic mass is 9.93. The first kappa shape index (κ1) is 15.6. The molecule has 1 unspecified atom stereocenters. The third kappa shape index (κ3) is 3.88. The highest BCUT2D eigenvalue weighted by Crippen LogP contribution is 2.24. The van der Waals surface area contributed by atoms with Crippen LogP contribution < -0.4 is 5.32 Å². The molecule has 0 heterocycles. The zero-order valence-corrected chi connectivity index (χ0v) is 12.7. The Balaban J connectivity index is 2.30. The van der Waals surface area contributed by atoms with E-state index in [0.717, 1.165) is 35.2 Å². The minimum Gasteiger partial charge on any atom is -0.310 e.